The van der Waals surface area contributed by atoms with Gasteiger partial charge in [-0.05, 0) is 37.5 Å². The third kappa shape index (κ3) is 3.33. The zero-order chi connectivity index (χ0) is 15.4. The SMILES string of the molecule is CC(=O)N1CCCC[C@@H]1c1cccnc1Sc1ccccc1. The minimum atomic E-state index is 0.157. The van der Waals surface area contributed by atoms with Crippen LogP contribution in [-0.4, -0.2) is 22.3 Å². The van der Waals surface area contributed by atoms with E-state index in [1.807, 2.05) is 35.4 Å². The van der Waals surface area contributed by atoms with Crippen LogP contribution in [0, 0.1) is 0 Å². The fraction of sp³-hybridized carbons (Fsp3) is 0.333. The number of amides is 1. The van der Waals surface area contributed by atoms with Crippen LogP contribution in [0.2, 0.25) is 0 Å². The summed E-state index contributed by atoms with van der Waals surface area (Å²) < 4.78 is 0. The van der Waals surface area contributed by atoms with Crippen molar-refractivity contribution in [1.82, 2.24) is 9.88 Å². The van der Waals surface area contributed by atoms with Crippen molar-refractivity contribution in [2.45, 2.75) is 42.1 Å². The van der Waals surface area contributed by atoms with E-state index in [1.54, 1.807) is 18.7 Å². The molecule has 1 amide bonds. The number of hydrogen-bond acceptors (Lipinski definition) is 3. The van der Waals surface area contributed by atoms with E-state index in [1.165, 1.54) is 16.9 Å². The molecule has 114 valence electrons. The summed E-state index contributed by atoms with van der Waals surface area (Å²) in [6.45, 7) is 2.52. The zero-order valence-electron chi connectivity index (χ0n) is 12.7. The van der Waals surface area contributed by atoms with E-state index >= 15 is 0 Å². The first kappa shape index (κ1) is 15.1. The summed E-state index contributed by atoms with van der Waals surface area (Å²) in [6.07, 6.45) is 5.11. The van der Waals surface area contributed by atoms with Gasteiger partial charge >= 0.3 is 0 Å². The molecule has 22 heavy (non-hydrogen) atoms. The molecular weight excluding hydrogens is 292 g/mol. The van der Waals surface area contributed by atoms with Gasteiger partial charge in [0.1, 0.15) is 5.03 Å². The Morgan fingerprint density at radius 2 is 2.00 bits per heavy atom. The molecular formula is C18H20N2OS. The number of likely N-dealkylation sites (tertiary alicyclic amines) is 1. The molecule has 0 N–H and O–H groups in total. The molecule has 1 aromatic heterocycles. The summed E-state index contributed by atoms with van der Waals surface area (Å²) in [5.74, 6) is 0.157. The molecule has 4 heteroatoms. The van der Waals surface area contributed by atoms with Gasteiger partial charge in [-0.25, -0.2) is 4.98 Å². The smallest absolute Gasteiger partial charge is 0.219 e. The molecule has 3 rings (SSSR count). The van der Waals surface area contributed by atoms with Crippen molar-refractivity contribution in [3.05, 3.63) is 54.2 Å². The largest absolute Gasteiger partial charge is 0.336 e. The maximum absolute atomic E-state index is 12.0. The number of benzene rings is 1. The van der Waals surface area contributed by atoms with Gasteiger partial charge in [-0.15, -0.1) is 0 Å². The van der Waals surface area contributed by atoms with E-state index < -0.39 is 0 Å². The number of aromatic nitrogens is 1. The number of nitrogens with zero attached hydrogens (tertiary/aromatic N) is 2. The third-order valence-electron chi connectivity index (χ3n) is 4.02. The number of piperidine rings is 1. The lowest BCUT2D eigenvalue weighted by atomic mass is 9.96. The van der Waals surface area contributed by atoms with Crippen molar-refractivity contribution in [3.8, 4) is 0 Å². The predicted molar refractivity (Wildman–Crippen MR) is 88.8 cm³/mol. The third-order valence-corrected chi connectivity index (χ3v) is 5.07. The Morgan fingerprint density at radius 1 is 1.18 bits per heavy atom. The van der Waals surface area contributed by atoms with Crippen molar-refractivity contribution < 1.29 is 4.79 Å². The highest BCUT2D eigenvalue weighted by Crippen LogP contribution is 2.37. The van der Waals surface area contributed by atoms with Crippen LogP contribution in [-0.2, 0) is 4.79 Å². The van der Waals surface area contributed by atoms with E-state index in [0.717, 1.165) is 24.4 Å². The Morgan fingerprint density at radius 3 is 2.77 bits per heavy atom. The van der Waals surface area contributed by atoms with E-state index in [0.29, 0.717) is 0 Å². The topological polar surface area (TPSA) is 33.2 Å². The monoisotopic (exact) mass is 312 g/mol. The van der Waals surface area contributed by atoms with Crippen molar-refractivity contribution in [2.24, 2.45) is 0 Å². The standard InChI is InChI=1S/C18H20N2OS/c1-14(21)20-13-6-5-11-17(20)16-10-7-12-19-18(16)22-15-8-3-2-4-9-15/h2-4,7-10,12,17H,5-6,11,13H2,1H3/t17-/m1/s1. The van der Waals surface area contributed by atoms with Gasteiger partial charge in [0, 0.05) is 30.1 Å². The quantitative estimate of drug-likeness (QED) is 0.847. The van der Waals surface area contributed by atoms with Crippen molar-refractivity contribution in [2.75, 3.05) is 6.54 Å². The van der Waals surface area contributed by atoms with Gasteiger partial charge in [0.25, 0.3) is 0 Å². The van der Waals surface area contributed by atoms with Crippen LogP contribution in [0.5, 0.6) is 0 Å². The van der Waals surface area contributed by atoms with Crippen LogP contribution in [0.3, 0.4) is 0 Å². The van der Waals surface area contributed by atoms with Gasteiger partial charge in [-0.3, -0.25) is 4.79 Å². The summed E-state index contributed by atoms with van der Waals surface area (Å²) in [7, 11) is 0. The van der Waals surface area contributed by atoms with Crippen molar-refractivity contribution in [1.29, 1.82) is 0 Å². The lowest BCUT2D eigenvalue weighted by molar-refractivity contribution is -0.132. The first-order valence-corrected chi connectivity index (χ1v) is 8.52. The summed E-state index contributed by atoms with van der Waals surface area (Å²) in [6, 6.07) is 14.5. The molecule has 0 spiro atoms. The van der Waals surface area contributed by atoms with E-state index in [9.17, 15) is 4.79 Å². The molecule has 1 aliphatic rings. The Hall–Kier alpha value is -1.81. The predicted octanol–water partition coefficient (Wildman–Crippen LogP) is 4.31. The number of carbonyl (C=O) groups is 1. The lowest BCUT2D eigenvalue weighted by Crippen LogP contribution is -2.37. The zero-order valence-corrected chi connectivity index (χ0v) is 13.6. The van der Waals surface area contributed by atoms with Crippen molar-refractivity contribution in [3.63, 3.8) is 0 Å². The first-order valence-electron chi connectivity index (χ1n) is 7.71. The van der Waals surface area contributed by atoms with E-state index in [2.05, 4.69) is 23.2 Å². The molecule has 2 aromatic rings. The number of hydrogen-bond donors (Lipinski definition) is 0. The molecule has 0 saturated carbocycles. The number of pyridine rings is 1. The fourth-order valence-corrected chi connectivity index (χ4v) is 3.93. The maximum Gasteiger partial charge on any atom is 0.219 e. The van der Waals surface area contributed by atoms with Crippen LogP contribution >= 0.6 is 11.8 Å². The molecule has 0 radical (unpaired) electrons. The molecule has 3 nitrogen and oxygen atoms in total. The molecule has 2 heterocycles. The Balaban J connectivity index is 1.91. The normalized spacial score (nSPS) is 18.2. The van der Waals surface area contributed by atoms with Gasteiger partial charge in [0.15, 0.2) is 0 Å². The summed E-state index contributed by atoms with van der Waals surface area (Å²) in [5.41, 5.74) is 1.17. The minimum Gasteiger partial charge on any atom is -0.336 e. The van der Waals surface area contributed by atoms with Gasteiger partial charge < -0.3 is 4.90 Å². The van der Waals surface area contributed by atoms with Crippen LogP contribution in [0.1, 0.15) is 37.8 Å². The van der Waals surface area contributed by atoms with Crippen LogP contribution in [0.25, 0.3) is 0 Å². The van der Waals surface area contributed by atoms with E-state index in [4.69, 9.17) is 0 Å². The van der Waals surface area contributed by atoms with Crippen LogP contribution in [0.4, 0.5) is 0 Å². The highest BCUT2D eigenvalue weighted by Gasteiger charge is 2.28. The Kier molecular flexibility index (Phi) is 4.78. The molecule has 1 atom stereocenters. The fourth-order valence-electron chi connectivity index (χ4n) is 2.97. The second-order valence-corrected chi connectivity index (χ2v) is 6.60. The van der Waals surface area contributed by atoms with Crippen molar-refractivity contribution >= 4 is 17.7 Å². The van der Waals surface area contributed by atoms with Gasteiger partial charge in [0.2, 0.25) is 5.91 Å². The first-order chi connectivity index (χ1) is 10.8. The van der Waals surface area contributed by atoms with Crippen LogP contribution < -0.4 is 0 Å². The highest BCUT2D eigenvalue weighted by atomic mass is 32.2. The second kappa shape index (κ2) is 6.97. The molecule has 1 saturated heterocycles. The molecule has 0 bridgehead atoms. The van der Waals surface area contributed by atoms with Gasteiger partial charge in [-0.1, -0.05) is 36.0 Å². The molecule has 0 aliphatic carbocycles. The van der Waals surface area contributed by atoms with E-state index in [-0.39, 0.29) is 11.9 Å². The average Bonchev–Trinajstić information content (AvgIpc) is 2.56. The minimum absolute atomic E-state index is 0.157. The Bertz CT molecular complexity index is 645. The maximum atomic E-state index is 12.0. The molecule has 1 aromatic carbocycles. The highest BCUT2D eigenvalue weighted by molar-refractivity contribution is 7.99. The number of rotatable bonds is 3. The van der Waals surface area contributed by atoms with Gasteiger partial charge in [0.05, 0.1) is 6.04 Å². The summed E-state index contributed by atoms with van der Waals surface area (Å²) in [5, 5.41) is 1.01. The lowest BCUT2D eigenvalue weighted by Gasteiger charge is -2.36. The molecule has 1 aliphatic heterocycles. The average molecular weight is 312 g/mol. The number of carbonyl (C=O) groups excluding carboxylic acids is 1. The van der Waals surface area contributed by atoms with Gasteiger partial charge in [-0.2, -0.15) is 0 Å². The Labute approximate surface area is 135 Å². The summed E-state index contributed by atoms with van der Waals surface area (Å²) in [4.78, 5) is 19.7. The molecule has 0 unspecified atom stereocenters. The second-order valence-electron chi connectivity index (χ2n) is 5.54. The summed E-state index contributed by atoms with van der Waals surface area (Å²) >= 11 is 1.67. The molecule has 1 fully saturated rings. The van der Waals surface area contributed by atoms with Crippen LogP contribution in [0.15, 0.2) is 58.6 Å².